The molecule has 0 bridgehead atoms. The lowest BCUT2D eigenvalue weighted by molar-refractivity contribution is 0.508. The Hall–Kier alpha value is -1.72. The van der Waals surface area contributed by atoms with Gasteiger partial charge in [-0.05, 0) is 30.7 Å². The molecule has 136 valence electrons. The molecule has 2 rings (SSSR count). The molecular formula is C18H25Cl2N5. The molecule has 0 unspecified atom stereocenters. The van der Waals surface area contributed by atoms with Crippen molar-refractivity contribution in [2.45, 2.75) is 32.7 Å². The summed E-state index contributed by atoms with van der Waals surface area (Å²) in [6, 6.07) is 7.73. The first-order valence-corrected chi connectivity index (χ1v) is 9.03. The van der Waals surface area contributed by atoms with E-state index in [9.17, 15) is 0 Å². The van der Waals surface area contributed by atoms with Gasteiger partial charge in [-0.2, -0.15) is 5.10 Å². The summed E-state index contributed by atoms with van der Waals surface area (Å²) < 4.78 is 1.83. The Morgan fingerprint density at radius 2 is 1.96 bits per heavy atom. The Labute approximate surface area is 159 Å². The molecule has 25 heavy (non-hydrogen) atoms. The van der Waals surface area contributed by atoms with E-state index in [4.69, 9.17) is 23.2 Å². The predicted molar refractivity (Wildman–Crippen MR) is 106 cm³/mol. The number of nitrogens with one attached hydrogen (secondary N) is 2. The molecule has 0 radical (unpaired) electrons. The molecule has 0 aliphatic carbocycles. The molecule has 0 saturated carbocycles. The largest absolute Gasteiger partial charge is 0.357 e. The van der Waals surface area contributed by atoms with Crippen LogP contribution in [-0.4, -0.2) is 28.8 Å². The predicted octanol–water partition coefficient (Wildman–Crippen LogP) is 3.76. The van der Waals surface area contributed by atoms with E-state index in [1.165, 1.54) is 0 Å². The number of halogens is 2. The van der Waals surface area contributed by atoms with Crippen LogP contribution in [-0.2, 0) is 19.0 Å². The molecule has 5 nitrogen and oxygen atoms in total. The van der Waals surface area contributed by atoms with Crippen LogP contribution < -0.4 is 10.6 Å². The quantitative estimate of drug-likeness (QED) is 0.591. The Bertz CT molecular complexity index is 737. The molecule has 0 amide bonds. The van der Waals surface area contributed by atoms with Gasteiger partial charge in [-0.25, -0.2) is 4.99 Å². The summed E-state index contributed by atoms with van der Waals surface area (Å²) in [4.78, 5) is 4.63. The van der Waals surface area contributed by atoms with E-state index in [0.29, 0.717) is 23.1 Å². The minimum Gasteiger partial charge on any atom is -0.357 e. The van der Waals surface area contributed by atoms with E-state index in [0.717, 1.165) is 23.8 Å². The van der Waals surface area contributed by atoms with E-state index in [2.05, 4.69) is 34.6 Å². The first kappa shape index (κ1) is 19.6. The van der Waals surface area contributed by atoms with Crippen molar-refractivity contribution in [2.75, 3.05) is 13.1 Å². The van der Waals surface area contributed by atoms with Crippen LogP contribution >= 0.6 is 23.2 Å². The monoisotopic (exact) mass is 381 g/mol. The van der Waals surface area contributed by atoms with Crippen LogP contribution in [0.25, 0.3) is 0 Å². The summed E-state index contributed by atoms with van der Waals surface area (Å²) >= 11 is 12.2. The molecule has 0 fully saturated rings. The number of guanidine groups is 1. The lowest BCUT2D eigenvalue weighted by atomic mass is 9.84. The zero-order valence-electron chi connectivity index (χ0n) is 15.1. The Morgan fingerprint density at radius 3 is 2.56 bits per heavy atom. The summed E-state index contributed by atoms with van der Waals surface area (Å²) in [5, 5.41) is 12.0. The molecular weight excluding hydrogens is 357 g/mol. The van der Waals surface area contributed by atoms with Crippen LogP contribution in [0.4, 0.5) is 0 Å². The second kappa shape index (κ2) is 8.59. The van der Waals surface area contributed by atoms with Crippen LogP contribution in [0.3, 0.4) is 0 Å². The molecule has 2 N–H and O–H groups in total. The molecule has 1 heterocycles. The van der Waals surface area contributed by atoms with Gasteiger partial charge < -0.3 is 10.6 Å². The molecule has 7 heteroatoms. The van der Waals surface area contributed by atoms with Gasteiger partial charge >= 0.3 is 0 Å². The topological polar surface area (TPSA) is 54.2 Å². The number of hydrogen-bond acceptors (Lipinski definition) is 2. The smallest absolute Gasteiger partial charge is 0.191 e. The Morgan fingerprint density at radius 1 is 1.20 bits per heavy atom. The van der Waals surface area contributed by atoms with Gasteiger partial charge in [0.15, 0.2) is 5.96 Å². The third-order valence-corrected chi connectivity index (χ3v) is 4.80. The molecule has 0 aliphatic heterocycles. The summed E-state index contributed by atoms with van der Waals surface area (Å²) in [5.41, 5.74) is 2.05. The van der Waals surface area contributed by atoms with Crippen LogP contribution in [0.15, 0.2) is 35.5 Å². The van der Waals surface area contributed by atoms with E-state index < -0.39 is 0 Å². The van der Waals surface area contributed by atoms with Crippen LogP contribution in [0, 0.1) is 0 Å². The fraction of sp³-hybridized carbons (Fsp3) is 0.444. The molecule has 2 aromatic rings. The third-order valence-electron chi connectivity index (χ3n) is 4.06. The van der Waals surface area contributed by atoms with Crippen molar-refractivity contribution in [2.24, 2.45) is 12.0 Å². The first-order valence-electron chi connectivity index (χ1n) is 8.28. The van der Waals surface area contributed by atoms with Gasteiger partial charge in [-0.1, -0.05) is 43.1 Å². The number of aliphatic imine (C=N–C) groups is 1. The fourth-order valence-electron chi connectivity index (χ4n) is 2.38. The van der Waals surface area contributed by atoms with Crippen LogP contribution in [0.5, 0.6) is 0 Å². The highest BCUT2D eigenvalue weighted by atomic mass is 35.5. The summed E-state index contributed by atoms with van der Waals surface area (Å²) in [6.07, 6.45) is 1.78. The highest BCUT2D eigenvalue weighted by Crippen LogP contribution is 2.29. The third kappa shape index (κ3) is 5.38. The summed E-state index contributed by atoms with van der Waals surface area (Å²) in [7, 11) is 1.92. The highest BCUT2D eigenvalue weighted by Gasteiger charge is 2.22. The van der Waals surface area contributed by atoms with E-state index in [-0.39, 0.29) is 5.41 Å². The van der Waals surface area contributed by atoms with Crippen molar-refractivity contribution in [1.29, 1.82) is 0 Å². The second-order valence-electron chi connectivity index (χ2n) is 6.51. The van der Waals surface area contributed by atoms with Gasteiger partial charge in [0.05, 0.1) is 22.3 Å². The first-order chi connectivity index (χ1) is 11.8. The van der Waals surface area contributed by atoms with Gasteiger partial charge in [-0.3, -0.25) is 4.68 Å². The minimum atomic E-state index is -0.128. The van der Waals surface area contributed by atoms with Gasteiger partial charge in [-0.15, -0.1) is 0 Å². The average molecular weight is 382 g/mol. The molecule has 0 saturated heterocycles. The van der Waals surface area contributed by atoms with Gasteiger partial charge in [0, 0.05) is 31.7 Å². The van der Waals surface area contributed by atoms with Crippen LogP contribution in [0.1, 0.15) is 32.0 Å². The lowest BCUT2D eigenvalue weighted by Gasteiger charge is -2.27. The van der Waals surface area contributed by atoms with Crippen LogP contribution in [0.2, 0.25) is 10.0 Å². The molecule has 0 atom stereocenters. The minimum absolute atomic E-state index is 0.128. The summed E-state index contributed by atoms with van der Waals surface area (Å²) in [6.45, 7) is 8.44. The number of hydrogen-bond donors (Lipinski definition) is 2. The maximum Gasteiger partial charge on any atom is 0.191 e. The number of aryl methyl sites for hydroxylation is 1. The number of aromatic nitrogens is 2. The lowest BCUT2D eigenvalue weighted by Crippen LogP contribution is -2.43. The SMILES string of the molecule is CCNC(=NCc1ccnn1C)NCC(C)(C)c1ccc(Cl)c(Cl)c1. The number of benzene rings is 1. The van der Waals surface area contributed by atoms with E-state index in [1.54, 1.807) is 6.20 Å². The van der Waals surface area contributed by atoms with Crippen molar-refractivity contribution in [3.8, 4) is 0 Å². The van der Waals surface area contributed by atoms with Gasteiger partial charge in [0.25, 0.3) is 0 Å². The second-order valence-corrected chi connectivity index (χ2v) is 7.32. The Balaban J connectivity index is 2.05. The maximum atomic E-state index is 6.16. The highest BCUT2D eigenvalue weighted by molar-refractivity contribution is 6.42. The summed E-state index contributed by atoms with van der Waals surface area (Å²) in [5.74, 6) is 0.775. The standard InChI is InChI=1S/C18H25Cl2N5/c1-5-21-17(22-11-14-8-9-24-25(14)4)23-12-18(2,3)13-6-7-15(19)16(20)10-13/h6-10H,5,11-12H2,1-4H3,(H2,21,22,23). The number of rotatable bonds is 6. The van der Waals surface area contributed by atoms with Crippen molar-refractivity contribution < 1.29 is 0 Å². The van der Waals surface area contributed by atoms with E-state index >= 15 is 0 Å². The maximum absolute atomic E-state index is 6.16. The van der Waals surface area contributed by atoms with Gasteiger partial charge in [0.2, 0.25) is 0 Å². The molecule has 1 aromatic carbocycles. The van der Waals surface area contributed by atoms with Crippen molar-refractivity contribution in [1.82, 2.24) is 20.4 Å². The zero-order valence-corrected chi connectivity index (χ0v) is 16.6. The van der Waals surface area contributed by atoms with Crippen molar-refractivity contribution in [3.63, 3.8) is 0 Å². The van der Waals surface area contributed by atoms with E-state index in [1.807, 2.05) is 42.9 Å². The Kier molecular flexibility index (Phi) is 6.73. The molecule has 0 spiro atoms. The van der Waals surface area contributed by atoms with Crippen molar-refractivity contribution >= 4 is 29.2 Å². The van der Waals surface area contributed by atoms with Gasteiger partial charge in [0.1, 0.15) is 0 Å². The van der Waals surface area contributed by atoms with Crippen molar-refractivity contribution in [3.05, 3.63) is 51.8 Å². The average Bonchev–Trinajstić information content (AvgIpc) is 2.98. The normalized spacial score (nSPS) is 12.3. The fourth-order valence-corrected chi connectivity index (χ4v) is 2.68. The number of nitrogens with zero attached hydrogens (tertiary/aromatic N) is 3. The molecule has 0 aliphatic rings. The molecule has 1 aromatic heterocycles. The zero-order chi connectivity index (χ0) is 18.4.